The molecule has 1 unspecified atom stereocenters. The Balaban J connectivity index is 1.93. The van der Waals surface area contributed by atoms with Gasteiger partial charge in [-0.25, -0.2) is 0 Å². The Labute approximate surface area is 90.7 Å². The molecule has 1 atom stereocenters. The molecule has 82 valence electrons. The second kappa shape index (κ2) is 5.26. The molecule has 1 heterocycles. The highest BCUT2D eigenvalue weighted by Gasteiger charge is 2.15. The third-order valence-corrected chi connectivity index (χ3v) is 2.70. The lowest BCUT2D eigenvalue weighted by Gasteiger charge is -2.21. The zero-order chi connectivity index (χ0) is 10.5. The molecule has 0 aromatic heterocycles. The molecule has 3 nitrogen and oxygen atoms in total. The highest BCUT2D eigenvalue weighted by Crippen LogP contribution is 2.05. The normalized spacial score (nSPS) is 23.7. The van der Waals surface area contributed by atoms with Gasteiger partial charge >= 0.3 is 0 Å². The summed E-state index contributed by atoms with van der Waals surface area (Å²) >= 11 is 0. The number of β-amino-alcohol motifs (C(OH)–C–C–N with tert-alkyl or cyclic N) is 1. The van der Waals surface area contributed by atoms with Crippen LogP contribution in [0.4, 0.5) is 0 Å². The lowest BCUT2D eigenvalue weighted by molar-refractivity contribution is 0.127. The number of rotatable bonds is 2. The first-order valence-corrected chi connectivity index (χ1v) is 5.49. The van der Waals surface area contributed by atoms with Crippen molar-refractivity contribution in [3.05, 3.63) is 35.9 Å². The minimum atomic E-state index is -0.240. The van der Waals surface area contributed by atoms with E-state index in [1.165, 1.54) is 5.56 Å². The average Bonchev–Trinajstić information content (AvgIpc) is 2.44. The summed E-state index contributed by atoms with van der Waals surface area (Å²) in [6.45, 7) is 4.38. The summed E-state index contributed by atoms with van der Waals surface area (Å²) in [7, 11) is 0. The maximum Gasteiger partial charge on any atom is 0.0791 e. The smallest absolute Gasteiger partial charge is 0.0791 e. The molecule has 15 heavy (non-hydrogen) atoms. The van der Waals surface area contributed by atoms with Crippen LogP contribution in [0.5, 0.6) is 0 Å². The van der Waals surface area contributed by atoms with Gasteiger partial charge in [-0.15, -0.1) is 0 Å². The molecule has 0 saturated carbocycles. The van der Waals surface area contributed by atoms with Crippen LogP contribution < -0.4 is 5.32 Å². The summed E-state index contributed by atoms with van der Waals surface area (Å²) in [6.07, 6.45) is -0.240. The van der Waals surface area contributed by atoms with E-state index >= 15 is 0 Å². The molecule has 0 amide bonds. The number of hydrogen-bond acceptors (Lipinski definition) is 3. The lowest BCUT2D eigenvalue weighted by Crippen LogP contribution is -2.32. The molecule has 1 fully saturated rings. The molecule has 1 aromatic rings. The predicted molar refractivity (Wildman–Crippen MR) is 60.6 cm³/mol. The Morgan fingerprint density at radius 2 is 2.13 bits per heavy atom. The molecule has 2 rings (SSSR count). The summed E-state index contributed by atoms with van der Waals surface area (Å²) in [5.41, 5.74) is 1.31. The predicted octanol–water partition coefficient (Wildman–Crippen LogP) is 0.453. The van der Waals surface area contributed by atoms with E-state index < -0.39 is 0 Å². The first kappa shape index (κ1) is 10.6. The molecule has 2 N–H and O–H groups in total. The van der Waals surface area contributed by atoms with Crippen LogP contribution >= 0.6 is 0 Å². The van der Waals surface area contributed by atoms with Crippen LogP contribution in [0.25, 0.3) is 0 Å². The summed E-state index contributed by atoms with van der Waals surface area (Å²) < 4.78 is 0. The van der Waals surface area contributed by atoms with E-state index in [2.05, 4.69) is 34.5 Å². The van der Waals surface area contributed by atoms with Crippen LogP contribution in [0.15, 0.2) is 30.3 Å². The Kier molecular flexibility index (Phi) is 3.72. The van der Waals surface area contributed by atoms with Crippen molar-refractivity contribution in [1.29, 1.82) is 0 Å². The highest BCUT2D eigenvalue weighted by atomic mass is 16.3. The van der Waals surface area contributed by atoms with E-state index in [9.17, 15) is 5.11 Å². The monoisotopic (exact) mass is 206 g/mol. The maximum absolute atomic E-state index is 9.63. The largest absolute Gasteiger partial charge is 0.390 e. The summed E-state index contributed by atoms with van der Waals surface area (Å²) in [5.74, 6) is 0. The molecular formula is C12H18N2O. The van der Waals surface area contributed by atoms with E-state index in [4.69, 9.17) is 0 Å². The Bertz CT molecular complexity index is 289. The van der Waals surface area contributed by atoms with Gasteiger partial charge in [0.1, 0.15) is 0 Å². The minimum Gasteiger partial charge on any atom is -0.390 e. The molecule has 0 aliphatic carbocycles. The number of nitrogens with one attached hydrogen (secondary N) is 1. The second-order valence-electron chi connectivity index (χ2n) is 4.08. The molecule has 0 spiro atoms. The van der Waals surface area contributed by atoms with Crippen molar-refractivity contribution in [1.82, 2.24) is 10.2 Å². The van der Waals surface area contributed by atoms with Gasteiger partial charge in [0.15, 0.2) is 0 Å². The van der Waals surface area contributed by atoms with Gasteiger partial charge in [-0.3, -0.25) is 4.90 Å². The summed E-state index contributed by atoms with van der Waals surface area (Å²) in [4.78, 5) is 2.29. The molecule has 3 heteroatoms. The van der Waals surface area contributed by atoms with Crippen molar-refractivity contribution < 1.29 is 5.11 Å². The van der Waals surface area contributed by atoms with Crippen molar-refractivity contribution in [2.45, 2.75) is 12.6 Å². The van der Waals surface area contributed by atoms with Crippen LogP contribution in [0, 0.1) is 0 Å². The van der Waals surface area contributed by atoms with Crippen LogP contribution in [0.1, 0.15) is 5.56 Å². The van der Waals surface area contributed by atoms with E-state index in [0.717, 1.165) is 26.2 Å². The number of hydrogen-bond donors (Lipinski definition) is 2. The Morgan fingerprint density at radius 3 is 2.93 bits per heavy atom. The standard InChI is InChI=1S/C12H18N2O/c15-12-8-13-6-7-14(10-12)9-11-4-2-1-3-5-11/h1-5,12-13,15H,6-10H2. The molecule has 0 bridgehead atoms. The highest BCUT2D eigenvalue weighted by molar-refractivity contribution is 5.14. The third-order valence-electron chi connectivity index (χ3n) is 2.70. The number of nitrogens with zero attached hydrogens (tertiary/aromatic N) is 1. The Morgan fingerprint density at radius 1 is 1.33 bits per heavy atom. The zero-order valence-electron chi connectivity index (χ0n) is 8.89. The number of benzene rings is 1. The van der Waals surface area contributed by atoms with Gasteiger partial charge in [0.2, 0.25) is 0 Å². The quantitative estimate of drug-likeness (QED) is 0.737. The number of aliphatic hydroxyl groups excluding tert-OH is 1. The van der Waals surface area contributed by atoms with Gasteiger partial charge < -0.3 is 10.4 Å². The number of aliphatic hydroxyl groups is 1. The van der Waals surface area contributed by atoms with Crippen molar-refractivity contribution in [3.63, 3.8) is 0 Å². The minimum absolute atomic E-state index is 0.240. The van der Waals surface area contributed by atoms with Crippen LogP contribution in [0.3, 0.4) is 0 Å². The zero-order valence-corrected chi connectivity index (χ0v) is 8.89. The van der Waals surface area contributed by atoms with E-state index in [1.807, 2.05) is 6.07 Å². The van der Waals surface area contributed by atoms with E-state index in [-0.39, 0.29) is 6.10 Å². The second-order valence-corrected chi connectivity index (χ2v) is 4.08. The first-order chi connectivity index (χ1) is 7.34. The van der Waals surface area contributed by atoms with Gasteiger partial charge in [0.25, 0.3) is 0 Å². The van der Waals surface area contributed by atoms with Crippen LogP contribution in [0.2, 0.25) is 0 Å². The topological polar surface area (TPSA) is 35.5 Å². The van der Waals surface area contributed by atoms with Gasteiger partial charge in [-0.2, -0.15) is 0 Å². The van der Waals surface area contributed by atoms with Gasteiger partial charge in [-0.1, -0.05) is 30.3 Å². The molecule has 1 aliphatic rings. The lowest BCUT2D eigenvalue weighted by atomic mass is 10.2. The van der Waals surface area contributed by atoms with Crippen molar-refractivity contribution in [2.75, 3.05) is 26.2 Å². The van der Waals surface area contributed by atoms with Gasteiger partial charge in [0, 0.05) is 32.7 Å². The first-order valence-electron chi connectivity index (χ1n) is 5.49. The fourth-order valence-corrected chi connectivity index (χ4v) is 1.94. The van der Waals surface area contributed by atoms with Gasteiger partial charge in [-0.05, 0) is 5.56 Å². The van der Waals surface area contributed by atoms with Gasteiger partial charge in [0.05, 0.1) is 6.10 Å². The fraction of sp³-hybridized carbons (Fsp3) is 0.500. The Hall–Kier alpha value is -0.900. The van der Waals surface area contributed by atoms with E-state index in [1.54, 1.807) is 0 Å². The van der Waals surface area contributed by atoms with Crippen LogP contribution in [-0.4, -0.2) is 42.3 Å². The average molecular weight is 206 g/mol. The van der Waals surface area contributed by atoms with Crippen molar-refractivity contribution in [2.24, 2.45) is 0 Å². The molecular weight excluding hydrogens is 188 g/mol. The third kappa shape index (κ3) is 3.30. The fourth-order valence-electron chi connectivity index (χ4n) is 1.94. The molecule has 1 aliphatic heterocycles. The maximum atomic E-state index is 9.63. The van der Waals surface area contributed by atoms with Crippen molar-refractivity contribution in [3.8, 4) is 0 Å². The van der Waals surface area contributed by atoms with Crippen molar-refractivity contribution >= 4 is 0 Å². The summed E-state index contributed by atoms with van der Waals surface area (Å²) in [6, 6.07) is 10.4. The summed E-state index contributed by atoms with van der Waals surface area (Å²) in [5, 5.41) is 12.9. The molecule has 0 radical (unpaired) electrons. The molecule has 1 saturated heterocycles. The molecule has 1 aromatic carbocycles. The van der Waals surface area contributed by atoms with Crippen LogP contribution in [-0.2, 0) is 6.54 Å². The SMILES string of the molecule is OC1CNCCN(Cc2ccccc2)C1. The van der Waals surface area contributed by atoms with E-state index in [0.29, 0.717) is 6.54 Å².